The van der Waals surface area contributed by atoms with Gasteiger partial charge in [-0.25, -0.2) is 0 Å². The average Bonchev–Trinajstić information content (AvgIpc) is 2.81. The Hall–Kier alpha value is 0.167. The fraction of sp³-hybridized carbons (Fsp3) is 0.333. The monoisotopic (exact) mass is 496 g/mol. The molecule has 0 atom stereocenters. The van der Waals surface area contributed by atoms with Gasteiger partial charge in [0.1, 0.15) is 0 Å². The van der Waals surface area contributed by atoms with E-state index in [-0.39, 0.29) is 24.8 Å². The van der Waals surface area contributed by atoms with E-state index in [2.05, 4.69) is 66.7 Å². The molecule has 0 saturated heterocycles. The summed E-state index contributed by atoms with van der Waals surface area (Å²) >= 11 is -1.77. The zero-order valence-corrected chi connectivity index (χ0v) is 18.9. The van der Waals surface area contributed by atoms with Crippen molar-refractivity contribution in [3.8, 4) is 0 Å². The van der Waals surface area contributed by atoms with E-state index in [1.807, 2.05) is 0 Å². The predicted octanol–water partition coefficient (Wildman–Crippen LogP) is 4.92. The quantitative estimate of drug-likeness (QED) is 0.585. The van der Waals surface area contributed by atoms with Crippen molar-refractivity contribution in [1.29, 1.82) is 0 Å². The summed E-state index contributed by atoms with van der Waals surface area (Å²) in [6.45, 7) is 9.48. The summed E-state index contributed by atoms with van der Waals surface area (Å²) in [7, 11) is 0. The summed E-state index contributed by atoms with van der Waals surface area (Å²) in [4.78, 5) is 0. The van der Waals surface area contributed by atoms with Crippen LogP contribution in [0.1, 0.15) is 17.5 Å². The van der Waals surface area contributed by atoms with E-state index >= 15 is 0 Å². The molecule has 5 heteroatoms. The summed E-state index contributed by atoms with van der Waals surface area (Å²) in [5, 5.41) is 0. The molecule has 111 valence electrons. The van der Waals surface area contributed by atoms with E-state index in [0.29, 0.717) is 0 Å². The number of benzene rings is 1. The van der Waals surface area contributed by atoms with Gasteiger partial charge in [0.25, 0.3) is 0 Å². The first-order valence-corrected chi connectivity index (χ1v) is 19.4. The maximum atomic E-state index is 4.02. The van der Waals surface area contributed by atoms with Crippen LogP contribution in [0.2, 0.25) is 13.1 Å². The molecule has 0 aliphatic heterocycles. The molecule has 0 radical (unpaired) electrons. The smallest absolute Gasteiger partial charge is 0.147 e. The number of hydrogen-bond donors (Lipinski definition) is 1. The number of nitrogens with one attached hydrogen (secondary N) is 1. The molecular weight excluding hydrogens is 472 g/mol. The Morgan fingerprint density at radius 2 is 1.70 bits per heavy atom. The number of aryl methyl sites for hydroxylation is 2. The standard InChI is InChI=1S/C8H10N.C5H5.C2H7Si.2ClH.Hf/c1-6-4-3-5-7(2)8(6)9;1-2-4-5-3-1;1-3-2;;;/h3-5,9H,1-2H3;1-3H,4H2;3H,1-2H3;2*1H;/q-1;;;;;+1. The molecule has 0 aromatic heterocycles. The van der Waals surface area contributed by atoms with Gasteiger partial charge in [0, 0.05) is 0 Å². The first-order valence-electron chi connectivity index (χ1n) is 6.65. The van der Waals surface area contributed by atoms with Gasteiger partial charge in [0.2, 0.25) is 0 Å². The van der Waals surface area contributed by atoms with Crippen LogP contribution in [0.5, 0.6) is 0 Å². The Kier molecular flexibility index (Phi) is 9.32. The van der Waals surface area contributed by atoms with E-state index < -0.39 is 26.9 Å². The zero-order chi connectivity index (χ0) is 13.1. The van der Waals surface area contributed by atoms with Gasteiger partial charge in [-0.1, -0.05) is 0 Å². The first-order chi connectivity index (χ1) is 8.59. The van der Waals surface area contributed by atoms with E-state index in [0.717, 1.165) is 0 Å². The topological polar surface area (TPSA) is 12.0 Å². The van der Waals surface area contributed by atoms with Gasteiger partial charge < -0.3 is 0 Å². The molecule has 0 amide bonds. The van der Waals surface area contributed by atoms with Crippen molar-refractivity contribution < 1.29 is 20.9 Å². The normalized spacial score (nSPS) is 12.6. The molecule has 1 aromatic carbocycles. The minimum atomic E-state index is -1.77. The predicted molar refractivity (Wildman–Crippen MR) is 94.8 cm³/mol. The average molecular weight is 496 g/mol. The zero-order valence-electron chi connectivity index (χ0n) is 12.6. The van der Waals surface area contributed by atoms with Gasteiger partial charge in [-0.2, -0.15) is 0 Å². The van der Waals surface area contributed by atoms with Crippen LogP contribution in [0.4, 0.5) is 5.69 Å². The molecule has 0 saturated carbocycles. The second-order valence-electron chi connectivity index (χ2n) is 5.28. The van der Waals surface area contributed by atoms with Crippen LogP contribution in [0.3, 0.4) is 0 Å². The molecule has 1 nitrogen and oxygen atoms in total. The molecule has 1 aromatic rings. The molecule has 1 aliphatic rings. The number of anilines is 1. The Bertz CT molecular complexity index is 480. The van der Waals surface area contributed by atoms with Crippen molar-refractivity contribution >= 4 is 36.5 Å². The van der Waals surface area contributed by atoms with Crippen LogP contribution >= 0.6 is 24.8 Å². The summed E-state index contributed by atoms with van der Waals surface area (Å²) in [6.07, 6.45) is 8.15. The van der Waals surface area contributed by atoms with Crippen molar-refractivity contribution in [2.24, 2.45) is 0 Å². The third-order valence-corrected chi connectivity index (χ3v) is 26.9. The molecule has 0 fully saturated rings. The third-order valence-electron chi connectivity index (χ3n) is 3.44. The van der Waals surface area contributed by atoms with Gasteiger partial charge in [0.05, 0.1) is 0 Å². The van der Waals surface area contributed by atoms with Crippen LogP contribution in [-0.4, -0.2) is 5.98 Å². The molecule has 20 heavy (non-hydrogen) atoms. The molecular formula is C15H24Cl2HfNSi. The summed E-state index contributed by atoms with van der Waals surface area (Å²) in [5.74, 6) is -0.556. The molecule has 0 heterocycles. The van der Waals surface area contributed by atoms with E-state index in [1.165, 1.54) is 23.2 Å². The minimum Gasteiger partial charge on any atom is -0.147 e. The second kappa shape index (κ2) is 9.24. The molecule has 1 aliphatic carbocycles. The number of allylic oxidation sites excluding steroid dienone is 4. The summed E-state index contributed by atoms with van der Waals surface area (Å²) in [5.41, 5.74) is 4.23. The van der Waals surface area contributed by atoms with Gasteiger partial charge in [-0.3, -0.25) is 0 Å². The van der Waals surface area contributed by atoms with E-state index in [4.69, 9.17) is 0 Å². The van der Waals surface area contributed by atoms with E-state index in [1.54, 1.807) is 3.33 Å². The fourth-order valence-corrected chi connectivity index (χ4v) is 22.6. The van der Waals surface area contributed by atoms with E-state index in [9.17, 15) is 0 Å². The maximum absolute atomic E-state index is 4.02. The fourth-order valence-electron chi connectivity index (χ4n) is 2.39. The van der Waals surface area contributed by atoms with Crippen molar-refractivity contribution in [3.63, 3.8) is 0 Å². The van der Waals surface area contributed by atoms with Gasteiger partial charge in [0.15, 0.2) is 0 Å². The Balaban J connectivity index is 0.00000180. The molecule has 2 rings (SSSR count). The Labute approximate surface area is 144 Å². The summed E-state index contributed by atoms with van der Waals surface area (Å²) < 4.78 is 5.79. The second-order valence-corrected chi connectivity index (χ2v) is 30.9. The van der Waals surface area contributed by atoms with Crippen LogP contribution in [0.15, 0.2) is 39.8 Å². The van der Waals surface area contributed by atoms with Crippen molar-refractivity contribution in [1.82, 2.24) is 0 Å². The number of para-hydroxylation sites is 1. The molecule has 0 bridgehead atoms. The molecule has 1 N–H and O–H groups in total. The minimum absolute atomic E-state index is 0. The molecule has 0 spiro atoms. The Morgan fingerprint density at radius 3 is 2.15 bits per heavy atom. The Morgan fingerprint density at radius 1 is 1.10 bits per heavy atom. The van der Waals surface area contributed by atoms with Crippen LogP contribution in [-0.2, 0) is 20.9 Å². The third kappa shape index (κ3) is 4.87. The van der Waals surface area contributed by atoms with Crippen molar-refractivity contribution in [2.45, 2.75) is 33.4 Å². The number of rotatable bonds is 4. The largest absolute Gasteiger partial charge is 0.147 e. The van der Waals surface area contributed by atoms with Crippen LogP contribution in [0, 0.1) is 13.8 Å². The van der Waals surface area contributed by atoms with Crippen LogP contribution in [0.25, 0.3) is 0 Å². The number of halogens is 2. The van der Waals surface area contributed by atoms with Crippen LogP contribution < -0.4 is 3.30 Å². The van der Waals surface area contributed by atoms with Gasteiger partial charge >= 0.3 is 120 Å². The van der Waals surface area contributed by atoms with Crippen molar-refractivity contribution in [2.75, 3.05) is 3.30 Å². The van der Waals surface area contributed by atoms with Gasteiger partial charge in [-0.15, -0.1) is 24.8 Å². The van der Waals surface area contributed by atoms with Gasteiger partial charge in [-0.05, 0) is 0 Å². The SMILES string of the molecule is Cc1cccc(C)c1[NH][Hf]([C]1=CC=CC1)[SiH](C)C.Cl.Cl. The maximum Gasteiger partial charge on any atom is -0.147 e. The molecule has 0 unspecified atom stereocenters. The first kappa shape index (κ1) is 20.2. The number of hydrogen-bond acceptors (Lipinski definition) is 1. The van der Waals surface area contributed by atoms with Crippen molar-refractivity contribution in [3.05, 3.63) is 50.9 Å². The summed E-state index contributed by atoms with van der Waals surface area (Å²) in [6, 6.07) is 6.60.